The van der Waals surface area contributed by atoms with Gasteiger partial charge in [0.25, 0.3) is 0 Å². The molecule has 0 spiro atoms. The normalized spacial score (nSPS) is 14.9. The summed E-state index contributed by atoms with van der Waals surface area (Å²) in [6, 6.07) is 10.2. The predicted octanol–water partition coefficient (Wildman–Crippen LogP) is 3.84. The summed E-state index contributed by atoms with van der Waals surface area (Å²) in [5.41, 5.74) is 12.1. The maximum absolute atomic E-state index is 6.46. The molecule has 0 bridgehead atoms. The number of fused-ring (bicyclic) bond motifs is 1. The van der Waals surface area contributed by atoms with Gasteiger partial charge in [-0.05, 0) is 41.3 Å². The van der Waals surface area contributed by atoms with Crippen LogP contribution in [0.1, 0.15) is 33.9 Å². The van der Waals surface area contributed by atoms with Crippen LogP contribution in [-0.2, 0) is 18.0 Å². The van der Waals surface area contributed by atoms with Crippen molar-refractivity contribution in [3.63, 3.8) is 0 Å². The van der Waals surface area contributed by atoms with Crippen LogP contribution < -0.4 is 10.5 Å². The molecule has 3 nitrogen and oxygen atoms in total. The van der Waals surface area contributed by atoms with E-state index in [2.05, 4.69) is 34.1 Å². The average Bonchev–Trinajstić information content (AvgIpc) is 2.96. The zero-order valence-corrected chi connectivity index (χ0v) is 13.7. The minimum atomic E-state index is -0.220. The van der Waals surface area contributed by atoms with E-state index in [-0.39, 0.29) is 6.04 Å². The lowest BCUT2D eigenvalue weighted by Gasteiger charge is -2.18. The van der Waals surface area contributed by atoms with E-state index >= 15 is 0 Å². The van der Waals surface area contributed by atoms with Crippen molar-refractivity contribution in [1.82, 2.24) is 0 Å². The molecule has 2 N–H and O–H groups in total. The van der Waals surface area contributed by atoms with Crippen molar-refractivity contribution in [2.45, 2.75) is 26.2 Å². The average molecular weight is 348 g/mol. The van der Waals surface area contributed by atoms with Gasteiger partial charge in [-0.1, -0.05) is 34.1 Å². The molecule has 0 aromatic heterocycles. The van der Waals surface area contributed by atoms with Crippen LogP contribution in [-0.4, -0.2) is 7.11 Å². The molecule has 1 heterocycles. The quantitative estimate of drug-likeness (QED) is 0.917. The second-order valence-corrected chi connectivity index (χ2v) is 6.20. The van der Waals surface area contributed by atoms with Crippen LogP contribution in [0.5, 0.6) is 5.75 Å². The molecule has 2 aromatic rings. The molecule has 1 atom stereocenters. The van der Waals surface area contributed by atoms with Crippen molar-refractivity contribution >= 4 is 15.9 Å². The maximum Gasteiger partial charge on any atom is 0.124 e. The lowest BCUT2D eigenvalue weighted by molar-refractivity contribution is 0.134. The Labute approximate surface area is 133 Å². The monoisotopic (exact) mass is 347 g/mol. The summed E-state index contributed by atoms with van der Waals surface area (Å²) in [5, 5.41) is 0. The maximum atomic E-state index is 6.46. The number of rotatable bonds is 3. The van der Waals surface area contributed by atoms with Crippen molar-refractivity contribution in [2.24, 2.45) is 5.73 Å². The number of halogens is 1. The van der Waals surface area contributed by atoms with Gasteiger partial charge in [-0.15, -0.1) is 0 Å². The Hall–Kier alpha value is -1.36. The molecule has 0 saturated carbocycles. The van der Waals surface area contributed by atoms with E-state index in [9.17, 15) is 0 Å². The van der Waals surface area contributed by atoms with Crippen LogP contribution >= 0.6 is 15.9 Å². The van der Waals surface area contributed by atoms with Crippen molar-refractivity contribution in [2.75, 3.05) is 7.11 Å². The van der Waals surface area contributed by atoms with Gasteiger partial charge in [-0.25, -0.2) is 0 Å². The van der Waals surface area contributed by atoms with Crippen LogP contribution in [0.15, 0.2) is 34.8 Å². The van der Waals surface area contributed by atoms with E-state index in [1.807, 2.05) is 19.1 Å². The molecule has 1 aliphatic rings. The zero-order valence-electron chi connectivity index (χ0n) is 12.2. The topological polar surface area (TPSA) is 44.5 Å². The Bertz CT molecular complexity index is 685. The lowest BCUT2D eigenvalue weighted by atomic mass is 9.95. The third kappa shape index (κ3) is 2.71. The predicted molar refractivity (Wildman–Crippen MR) is 86.4 cm³/mol. The minimum absolute atomic E-state index is 0.220. The van der Waals surface area contributed by atoms with Gasteiger partial charge in [-0.3, -0.25) is 0 Å². The Morgan fingerprint density at radius 3 is 2.71 bits per heavy atom. The summed E-state index contributed by atoms with van der Waals surface area (Å²) in [7, 11) is 1.68. The van der Waals surface area contributed by atoms with Crippen molar-refractivity contribution in [1.29, 1.82) is 0 Å². The molecule has 0 amide bonds. The highest BCUT2D eigenvalue weighted by Crippen LogP contribution is 2.34. The minimum Gasteiger partial charge on any atom is -0.496 e. The van der Waals surface area contributed by atoms with Gasteiger partial charge in [0.2, 0.25) is 0 Å². The van der Waals surface area contributed by atoms with E-state index in [1.165, 1.54) is 11.1 Å². The summed E-state index contributed by atoms with van der Waals surface area (Å²) >= 11 is 3.57. The van der Waals surface area contributed by atoms with Crippen LogP contribution in [0.3, 0.4) is 0 Å². The van der Waals surface area contributed by atoms with Gasteiger partial charge < -0.3 is 15.2 Å². The molecule has 21 heavy (non-hydrogen) atoms. The first-order valence-electron chi connectivity index (χ1n) is 6.89. The molecule has 4 heteroatoms. The molecule has 0 aliphatic carbocycles. The fourth-order valence-corrected chi connectivity index (χ4v) is 3.02. The van der Waals surface area contributed by atoms with Crippen molar-refractivity contribution < 1.29 is 9.47 Å². The smallest absolute Gasteiger partial charge is 0.124 e. The zero-order chi connectivity index (χ0) is 15.0. The second-order valence-electron chi connectivity index (χ2n) is 5.34. The number of benzene rings is 2. The number of methoxy groups -OCH3 is 1. The first-order valence-corrected chi connectivity index (χ1v) is 7.68. The number of hydrogen-bond acceptors (Lipinski definition) is 3. The SMILES string of the molecule is COc1cc(C)c(Br)cc1C(N)c1ccc2c(c1)COC2. The van der Waals surface area contributed by atoms with Gasteiger partial charge >= 0.3 is 0 Å². The largest absolute Gasteiger partial charge is 0.496 e. The molecule has 1 aliphatic heterocycles. The third-order valence-corrected chi connectivity index (χ3v) is 4.80. The summed E-state index contributed by atoms with van der Waals surface area (Å²) in [6.45, 7) is 3.41. The summed E-state index contributed by atoms with van der Waals surface area (Å²) in [4.78, 5) is 0. The first kappa shape index (κ1) is 14.6. The van der Waals surface area contributed by atoms with Crippen LogP contribution in [0.25, 0.3) is 0 Å². The summed E-state index contributed by atoms with van der Waals surface area (Å²) in [5.74, 6) is 0.819. The molecule has 0 saturated heterocycles. The second kappa shape index (κ2) is 5.79. The lowest BCUT2D eigenvalue weighted by Crippen LogP contribution is -2.14. The highest BCUT2D eigenvalue weighted by atomic mass is 79.9. The number of aryl methyl sites for hydroxylation is 1. The van der Waals surface area contributed by atoms with Gasteiger partial charge in [0.05, 0.1) is 26.4 Å². The summed E-state index contributed by atoms with van der Waals surface area (Å²) < 4.78 is 12.0. The van der Waals surface area contributed by atoms with E-state index in [4.69, 9.17) is 15.2 Å². The standard InChI is InChI=1S/C17H18BrNO2/c1-10-5-16(20-2)14(7-15(10)18)17(19)11-3-4-12-8-21-9-13(12)6-11/h3-7,17H,8-9,19H2,1-2H3. The van der Waals surface area contributed by atoms with Gasteiger partial charge in [-0.2, -0.15) is 0 Å². The van der Waals surface area contributed by atoms with E-state index < -0.39 is 0 Å². The fraction of sp³-hybridized carbons (Fsp3) is 0.294. The van der Waals surface area contributed by atoms with Crippen LogP contribution in [0.4, 0.5) is 0 Å². The Kier molecular flexibility index (Phi) is 4.02. The highest BCUT2D eigenvalue weighted by Gasteiger charge is 2.18. The molecule has 110 valence electrons. The molecule has 2 aromatic carbocycles. The first-order chi connectivity index (χ1) is 10.1. The van der Waals surface area contributed by atoms with Gasteiger partial charge in [0.15, 0.2) is 0 Å². The molecule has 3 rings (SSSR count). The van der Waals surface area contributed by atoms with Crippen LogP contribution in [0.2, 0.25) is 0 Å². The molecule has 0 radical (unpaired) electrons. The van der Waals surface area contributed by atoms with E-state index in [1.54, 1.807) is 7.11 Å². The highest BCUT2D eigenvalue weighted by molar-refractivity contribution is 9.10. The number of nitrogens with two attached hydrogens (primary N) is 1. The Balaban J connectivity index is 2.02. The number of hydrogen-bond donors (Lipinski definition) is 1. The van der Waals surface area contributed by atoms with Gasteiger partial charge in [0, 0.05) is 10.0 Å². The Morgan fingerprint density at radius 2 is 1.95 bits per heavy atom. The van der Waals surface area contributed by atoms with Gasteiger partial charge in [0.1, 0.15) is 5.75 Å². The van der Waals surface area contributed by atoms with Crippen molar-refractivity contribution in [3.05, 3.63) is 62.6 Å². The molecule has 0 fully saturated rings. The fourth-order valence-electron chi connectivity index (χ4n) is 2.66. The summed E-state index contributed by atoms with van der Waals surface area (Å²) in [6.07, 6.45) is 0. The molecular formula is C17H18BrNO2. The third-order valence-electron chi connectivity index (χ3n) is 3.95. The van der Waals surface area contributed by atoms with E-state index in [0.29, 0.717) is 13.2 Å². The van der Waals surface area contributed by atoms with E-state index in [0.717, 1.165) is 26.9 Å². The molecular weight excluding hydrogens is 330 g/mol. The Morgan fingerprint density at radius 1 is 1.19 bits per heavy atom. The van der Waals surface area contributed by atoms with Crippen molar-refractivity contribution in [3.8, 4) is 5.75 Å². The number of ether oxygens (including phenoxy) is 2. The molecule has 1 unspecified atom stereocenters. The van der Waals surface area contributed by atoms with Crippen LogP contribution in [0, 0.1) is 6.92 Å².